The van der Waals surface area contributed by atoms with Crippen LogP contribution in [0, 0.1) is 40.5 Å². The summed E-state index contributed by atoms with van der Waals surface area (Å²) in [7, 11) is 0. The Balaban J connectivity index is 1.04. The van der Waals surface area contributed by atoms with Gasteiger partial charge in [-0.15, -0.1) is 0 Å². The predicted octanol–water partition coefficient (Wildman–Crippen LogP) is 22.7. The van der Waals surface area contributed by atoms with Crippen LogP contribution < -0.4 is 0 Å². The summed E-state index contributed by atoms with van der Waals surface area (Å²) in [6.45, 7) is 11.8. The van der Waals surface area contributed by atoms with Gasteiger partial charge in [-0.2, -0.15) is 0 Å². The molecule has 0 bridgehead atoms. The molecule has 95 heavy (non-hydrogen) atoms. The minimum absolute atomic E-state index is 0.0435. The van der Waals surface area contributed by atoms with Crippen molar-refractivity contribution in [3.05, 3.63) is 255 Å². The quantitative estimate of drug-likeness (QED) is 0.151. The minimum atomic E-state index is -0.650. The first-order chi connectivity index (χ1) is 46.8. The van der Waals surface area contributed by atoms with Gasteiger partial charge in [-0.1, -0.05) is 149 Å². The molecule has 416 valence electrons. The van der Waals surface area contributed by atoms with Gasteiger partial charge in [0, 0.05) is 5.92 Å². The zero-order valence-corrected chi connectivity index (χ0v) is 51.6. The Morgan fingerprint density at radius 3 is 0.547 bits per heavy atom. The molecule has 26 aromatic rings. The molecule has 0 aliphatic heterocycles. The molecule has 0 spiro atoms. The Bertz CT molecular complexity index is 8240. The normalized spacial score (nSPS) is 26.0. The van der Waals surface area contributed by atoms with Crippen molar-refractivity contribution in [2.75, 3.05) is 0 Å². The second kappa shape index (κ2) is 10.2. The van der Waals surface area contributed by atoms with Gasteiger partial charge in [0.2, 0.25) is 0 Å². The first kappa shape index (κ1) is 40.9. The first-order valence-electron chi connectivity index (χ1n) is 35.5. The van der Waals surface area contributed by atoms with Crippen LogP contribution in [0.1, 0.15) is 111 Å². The fraction of sp³-hybridized carbons (Fsp3) is 0.116. The van der Waals surface area contributed by atoms with Crippen LogP contribution in [0.5, 0.6) is 0 Å². The predicted molar refractivity (Wildman–Crippen MR) is 391 cm³/mol. The molecule has 4 unspecified atom stereocenters. The summed E-state index contributed by atoms with van der Waals surface area (Å²) >= 11 is 0. The molecule has 26 aromatic carbocycles. The van der Waals surface area contributed by atoms with Gasteiger partial charge in [-0.25, -0.2) is 0 Å². The summed E-state index contributed by atoms with van der Waals surface area (Å²) in [4.78, 5) is 0. The highest BCUT2D eigenvalue weighted by Gasteiger charge is 2.83. The molecule has 0 N–H and O–H groups in total. The molecular weight excluding hydrogens is 1140 g/mol. The lowest BCUT2D eigenvalue weighted by Crippen LogP contribution is -2.57. The second-order valence-electron chi connectivity index (χ2n) is 33.9. The highest BCUT2D eigenvalue weighted by molar-refractivity contribution is 6.77. The zero-order chi connectivity index (χ0) is 59.2. The monoisotopic (exact) mass is 1180 g/mol. The van der Waals surface area contributed by atoms with E-state index < -0.39 is 27.1 Å². The summed E-state index contributed by atoms with van der Waals surface area (Å²) in [5.74, 6) is -0.0435. The van der Waals surface area contributed by atoms with Crippen LogP contribution in [0.15, 0.2) is 144 Å². The standard InChI is InChI=1S/C95H36/c1-26-6-16-31(17-7-26)91-76-66-56-46-41-36-37-39-40-38(36)43-50-48(41)58(56)68-70-60(50)62-52(43)54-45(40)55-53-44(39)51-49-42(37)47(46)57-59(49)69-71-61(51)63(53)73-75-65(55)64(54)74-72(62)82-80(70)92(78(68)76,32-18-8-27(2)9-19-32)87-86(91)88-90-89(87)94(82,34-22-12-29(4)13-23-34)84(74)85(75)95(90,35-24-14-30(5)15-25-35)83(73)81(71)93(88,79(69)77(91)67(57)66)33-20-10-28(3)11-21-33/h6-25,86H,1-5H3. The number of hydrogen-bond donors (Lipinski definition) is 0. The summed E-state index contributed by atoms with van der Waals surface area (Å²) in [5.41, 5.74) is 34.7. The smallest absolute Gasteiger partial charge is 0.0590 e. The van der Waals surface area contributed by atoms with E-state index in [2.05, 4.69) is 156 Å². The van der Waals surface area contributed by atoms with Gasteiger partial charge >= 0.3 is 0 Å². The van der Waals surface area contributed by atoms with Crippen LogP contribution in [-0.2, 0) is 27.1 Å². The minimum Gasteiger partial charge on any atom is -0.0590 e. The third-order valence-corrected chi connectivity index (χ3v) is 32.1. The van der Waals surface area contributed by atoms with Crippen LogP contribution in [-0.4, -0.2) is 0 Å². The van der Waals surface area contributed by atoms with Crippen LogP contribution in [0.4, 0.5) is 0 Å². The van der Waals surface area contributed by atoms with Gasteiger partial charge < -0.3 is 0 Å². The van der Waals surface area contributed by atoms with Gasteiger partial charge in [0.25, 0.3) is 0 Å². The van der Waals surface area contributed by atoms with Crippen LogP contribution in [0.25, 0.3) is 215 Å². The lowest BCUT2D eigenvalue weighted by Gasteiger charge is -2.60. The molecular formula is C95H36. The highest BCUT2D eigenvalue weighted by atomic mass is 14.8. The summed E-state index contributed by atoms with van der Waals surface area (Å²) in [6.07, 6.45) is 0. The van der Waals surface area contributed by atoms with Gasteiger partial charge in [0.15, 0.2) is 0 Å². The molecule has 0 saturated carbocycles. The number of benzene rings is 20. The van der Waals surface area contributed by atoms with E-state index in [9.17, 15) is 0 Å². The van der Waals surface area contributed by atoms with E-state index in [1.807, 2.05) is 0 Å². The molecule has 4 atom stereocenters. The number of allylic oxidation sites excluding steroid dienone is 4. The van der Waals surface area contributed by atoms with Gasteiger partial charge in [-0.05, 0) is 356 Å². The molecule has 0 amide bonds. The van der Waals surface area contributed by atoms with Gasteiger partial charge in [0.05, 0.1) is 27.1 Å². The molecule has 0 heterocycles. The van der Waals surface area contributed by atoms with Crippen molar-refractivity contribution in [2.24, 2.45) is 5.92 Å². The van der Waals surface area contributed by atoms with Crippen molar-refractivity contribution in [1.82, 2.24) is 0 Å². The summed E-state index contributed by atoms with van der Waals surface area (Å²) in [5, 5.41) is 65.3. The molecule has 0 heteroatoms. The van der Waals surface area contributed by atoms with E-state index in [1.54, 1.807) is 293 Å². The van der Waals surface area contributed by atoms with E-state index >= 15 is 0 Å². The molecule has 0 saturated heterocycles. The summed E-state index contributed by atoms with van der Waals surface area (Å²) in [6, 6.07) is 52.5. The number of hydrogen-bond acceptors (Lipinski definition) is 0. The fourth-order valence-electron chi connectivity index (χ4n) is 31.0. The Morgan fingerprint density at radius 1 is 0.168 bits per heavy atom. The average Bonchev–Trinajstić information content (AvgIpc) is 1.37. The Labute approximate surface area is 534 Å². The lowest BCUT2D eigenvalue weighted by molar-refractivity contribution is 0.369. The maximum atomic E-state index is 2.72. The molecule has 0 aromatic heterocycles. The molecule has 37 rings (SSSR count). The Kier molecular flexibility index (Phi) is 4.40. The van der Waals surface area contributed by atoms with E-state index in [0.717, 1.165) is 0 Å². The van der Waals surface area contributed by atoms with Crippen LogP contribution in [0.2, 0.25) is 0 Å². The third kappa shape index (κ3) is 2.59. The maximum absolute atomic E-state index is 2.72. The van der Waals surface area contributed by atoms with Crippen molar-refractivity contribution < 1.29 is 0 Å². The molecule has 0 radical (unpaired) electrons. The zero-order valence-electron chi connectivity index (χ0n) is 51.6. The van der Waals surface area contributed by atoms with E-state index in [4.69, 9.17) is 0 Å². The van der Waals surface area contributed by atoms with Gasteiger partial charge in [-0.3, -0.25) is 0 Å². The Hall–Kier alpha value is -10.9. The van der Waals surface area contributed by atoms with Crippen molar-refractivity contribution in [3.8, 4) is 0 Å². The molecule has 11 aliphatic carbocycles. The maximum Gasteiger partial charge on any atom is 0.0724 e. The van der Waals surface area contributed by atoms with E-state index in [-0.39, 0.29) is 5.92 Å². The lowest BCUT2D eigenvalue weighted by atomic mass is 9.40. The third-order valence-electron chi connectivity index (χ3n) is 32.1. The molecule has 0 fully saturated rings. The molecule has 0 nitrogen and oxygen atoms in total. The largest absolute Gasteiger partial charge is 0.0724 e. The van der Waals surface area contributed by atoms with Crippen LogP contribution >= 0.6 is 0 Å². The highest BCUT2D eigenvalue weighted by Crippen LogP contribution is 2.93. The van der Waals surface area contributed by atoms with Crippen molar-refractivity contribution in [2.45, 2.75) is 61.7 Å². The SMILES string of the molecule is Cc1ccc(C23C4=C5C6C7=C4C4(c8ccc(C)cc8)c8c2c2c9c3c3c%10c%11c(c%12c%13c%14c(c%15c%16c%17c(c4c4c8c8c2c2c%18c9c%10c9c%10c%11c%13c%11c%13c%14c%16c%14c%16c%17c4c4c8c2c2c(c%189)c(c%10%11)c(c%14%13)c2c4%16)C7%15c2ccc(C)cc2)C%126c2ccc(C)cc2)C53c2ccc(C)cc2)cc1. The van der Waals surface area contributed by atoms with E-state index in [0.29, 0.717) is 0 Å². The van der Waals surface area contributed by atoms with E-state index in [1.165, 1.54) is 55.6 Å². The topological polar surface area (TPSA) is 0 Å². The Morgan fingerprint density at radius 2 is 0.326 bits per heavy atom. The number of aryl methyl sites for hydroxylation is 5. The fourth-order valence-corrected chi connectivity index (χ4v) is 31.0. The first-order valence-corrected chi connectivity index (χ1v) is 35.5. The van der Waals surface area contributed by atoms with Crippen molar-refractivity contribution in [1.29, 1.82) is 0 Å². The van der Waals surface area contributed by atoms with Crippen molar-refractivity contribution >= 4 is 215 Å². The molecule has 11 aliphatic rings. The average molecular weight is 1180 g/mol. The van der Waals surface area contributed by atoms with Gasteiger partial charge in [0.1, 0.15) is 0 Å². The van der Waals surface area contributed by atoms with Crippen molar-refractivity contribution in [3.63, 3.8) is 0 Å². The summed E-state index contributed by atoms with van der Waals surface area (Å²) < 4.78 is 0. The number of rotatable bonds is 5. The van der Waals surface area contributed by atoms with Crippen LogP contribution in [0.3, 0.4) is 0 Å². The second-order valence-corrected chi connectivity index (χ2v) is 33.9.